The van der Waals surface area contributed by atoms with Crippen molar-refractivity contribution in [2.45, 2.75) is 6.92 Å². The van der Waals surface area contributed by atoms with E-state index in [0.717, 1.165) is 20.6 Å². The molecule has 2 rings (SSSR count). The van der Waals surface area contributed by atoms with Crippen LogP contribution in [-0.4, -0.2) is 10.5 Å². The van der Waals surface area contributed by atoms with Crippen molar-refractivity contribution in [3.05, 3.63) is 32.9 Å². The molecule has 0 atom stereocenters. The number of aromatic nitrogens is 1. The van der Waals surface area contributed by atoms with E-state index < -0.39 is 0 Å². The van der Waals surface area contributed by atoms with Crippen molar-refractivity contribution in [2.75, 3.05) is 0 Å². The maximum Gasteiger partial charge on any atom is 0.314 e. The van der Waals surface area contributed by atoms with Gasteiger partial charge in [-0.2, -0.15) is 0 Å². The quantitative estimate of drug-likeness (QED) is 0.693. The molecule has 0 fully saturated rings. The Kier molecular flexibility index (Phi) is 2.17. The van der Waals surface area contributed by atoms with Gasteiger partial charge in [-0.1, -0.05) is 22.9 Å². The predicted molar refractivity (Wildman–Crippen MR) is 57.4 cm³/mol. The summed E-state index contributed by atoms with van der Waals surface area (Å²) in [6, 6.07) is 5.06. The smallest absolute Gasteiger partial charge is 0.274 e. The lowest BCUT2D eigenvalue weighted by molar-refractivity contribution is 0.0939. The molecule has 0 radical (unpaired) electrons. The summed E-state index contributed by atoms with van der Waals surface area (Å²) >= 11 is 6.83. The Balaban J connectivity index is 2.93. The van der Waals surface area contributed by atoms with Gasteiger partial charge in [0.2, 0.25) is 5.91 Å². The standard InChI is InChI=1S/C9H6ClNO2S/c1-5(12)11-7-4-6(10)2-3-8(7)14-9(11)13/h2-4H,1H3. The summed E-state index contributed by atoms with van der Waals surface area (Å²) < 4.78 is 1.90. The zero-order chi connectivity index (χ0) is 10.3. The van der Waals surface area contributed by atoms with Gasteiger partial charge < -0.3 is 0 Å². The van der Waals surface area contributed by atoms with Gasteiger partial charge >= 0.3 is 4.87 Å². The molecule has 0 bridgehead atoms. The van der Waals surface area contributed by atoms with E-state index >= 15 is 0 Å². The van der Waals surface area contributed by atoms with E-state index in [0.29, 0.717) is 10.5 Å². The summed E-state index contributed by atoms with van der Waals surface area (Å²) in [5.74, 6) is -0.288. The minimum Gasteiger partial charge on any atom is -0.274 e. The van der Waals surface area contributed by atoms with Crippen molar-refractivity contribution in [3.8, 4) is 0 Å². The van der Waals surface area contributed by atoms with Crippen molar-refractivity contribution in [1.82, 2.24) is 4.57 Å². The van der Waals surface area contributed by atoms with Crippen LogP contribution in [0.3, 0.4) is 0 Å². The number of carbonyl (C=O) groups excluding carboxylic acids is 1. The molecule has 1 heterocycles. The summed E-state index contributed by atoms with van der Waals surface area (Å²) in [6.45, 7) is 1.36. The molecule has 0 spiro atoms. The zero-order valence-electron chi connectivity index (χ0n) is 7.28. The Morgan fingerprint density at radius 2 is 2.21 bits per heavy atom. The Morgan fingerprint density at radius 3 is 2.86 bits per heavy atom. The molecule has 0 aliphatic rings. The highest BCUT2D eigenvalue weighted by molar-refractivity contribution is 7.16. The number of carbonyl (C=O) groups is 1. The van der Waals surface area contributed by atoms with Crippen molar-refractivity contribution in [3.63, 3.8) is 0 Å². The van der Waals surface area contributed by atoms with Crippen LogP contribution in [-0.2, 0) is 0 Å². The van der Waals surface area contributed by atoms with Crippen molar-refractivity contribution in [2.24, 2.45) is 0 Å². The fourth-order valence-electron chi connectivity index (χ4n) is 1.29. The van der Waals surface area contributed by atoms with Gasteiger partial charge in [-0.05, 0) is 18.2 Å². The number of fused-ring (bicyclic) bond motifs is 1. The molecule has 1 aromatic carbocycles. The van der Waals surface area contributed by atoms with E-state index in [1.807, 2.05) is 0 Å². The molecule has 0 N–H and O–H groups in total. The molecule has 0 amide bonds. The third-order valence-corrected chi connectivity index (χ3v) is 3.01. The Bertz CT molecular complexity index is 570. The van der Waals surface area contributed by atoms with Crippen LogP contribution in [0.15, 0.2) is 23.0 Å². The minimum absolute atomic E-state index is 0.269. The van der Waals surface area contributed by atoms with Gasteiger partial charge in [0.1, 0.15) is 0 Å². The molecule has 0 aliphatic heterocycles. The van der Waals surface area contributed by atoms with Crippen molar-refractivity contribution < 1.29 is 4.79 Å². The number of benzene rings is 1. The van der Waals surface area contributed by atoms with Crippen LogP contribution in [0.25, 0.3) is 10.2 Å². The molecule has 0 saturated heterocycles. The number of thiazole rings is 1. The van der Waals surface area contributed by atoms with Crippen LogP contribution in [0.2, 0.25) is 5.02 Å². The predicted octanol–water partition coefficient (Wildman–Crippen LogP) is 2.38. The lowest BCUT2D eigenvalue weighted by Gasteiger charge is -1.96. The largest absolute Gasteiger partial charge is 0.314 e. The van der Waals surface area contributed by atoms with Crippen molar-refractivity contribution in [1.29, 1.82) is 0 Å². The summed E-state index contributed by atoms with van der Waals surface area (Å²) in [5, 5.41) is 0.519. The average Bonchev–Trinajstić information content (AvgIpc) is 2.40. The molecule has 2 aromatic rings. The second-order valence-corrected chi connectivity index (χ2v) is 4.26. The SMILES string of the molecule is CC(=O)n1c(=O)sc2ccc(Cl)cc21. The highest BCUT2D eigenvalue weighted by atomic mass is 35.5. The normalized spacial score (nSPS) is 10.7. The van der Waals surface area contributed by atoms with Gasteiger partial charge in [0.15, 0.2) is 0 Å². The first-order valence-corrected chi connectivity index (χ1v) is 5.11. The van der Waals surface area contributed by atoms with Gasteiger partial charge in [-0.3, -0.25) is 9.59 Å². The van der Waals surface area contributed by atoms with Gasteiger partial charge in [-0.25, -0.2) is 4.57 Å². The van der Waals surface area contributed by atoms with Crippen LogP contribution in [0.1, 0.15) is 11.7 Å². The van der Waals surface area contributed by atoms with Crippen LogP contribution >= 0.6 is 22.9 Å². The Morgan fingerprint density at radius 1 is 1.50 bits per heavy atom. The van der Waals surface area contributed by atoms with E-state index in [1.54, 1.807) is 18.2 Å². The monoisotopic (exact) mass is 227 g/mol. The molecule has 14 heavy (non-hydrogen) atoms. The second-order valence-electron chi connectivity index (χ2n) is 2.83. The molecule has 0 aliphatic carbocycles. The molecule has 0 unspecified atom stereocenters. The highest BCUT2D eigenvalue weighted by Gasteiger charge is 2.10. The fraction of sp³-hybridized carbons (Fsp3) is 0.111. The third-order valence-electron chi connectivity index (χ3n) is 1.86. The van der Waals surface area contributed by atoms with Crippen LogP contribution in [0, 0.1) is 0 Å². The minimum atomic E-state index is -0.288. The Hall–Kier alpha value is -1.13. The number of halogens is 1. The van der Waals surface area contributed by atoms with Gasteiger partial charge in [0.25, 0.3) is 0 Å². The van der Waals surface area contributed by atoms with E-state index in [2.05, 4.69) is 0 Å². The average molecular weight is 228 g/mol. The van der Waals surface area contributed by atoms with Gasteiger partial charge in [-0.15, -0.1) is 0 Å². The van der Waals surface area contributed by atoms with E-state index in [4.69, 9.17) is 11.6 Å². The summed E-state index contributed by atoms with van der Waals surface area (Å²) in [5.41, 5.74) is 0.583. The van der Waals surface area contributed by atoms with E-state index in [1.165, 1.54) is 6.92 Å². The second kappa shape index (κ2) is 3.22. The van der Waals surface area contributed by atoms with Crippen LogP contribution in [0.5, 0.6) is 0 Å². The first-order valence-electron chi connectivity index (χ1n) is 3.91. The molecule has 72 valence electrons. The Labute approximate surface area is 88.5 Å². The molecule has 5 heteroatoms. The maximum absolute atomic E-state index is 11.4. The van der Waals surface area contributed by atoms with Crippen molar-refractivity contribution >= 4 is 39.1 Å². The number of hydrogen-bond acceptors (Lipinski definition) is 3. The lowest BCUT2D eigenvalue weighted by Crippen LogP contribution is -2.18. The van der Waals surface area contributed by atoms with E-state index in [9.17, 15) is 9.59 Å². The van der Waals surface area contributed by atoms with Crippen LogP contribution in [0.4, 0.5) is 0 Å². The maximum atomic E-state index is 11.4. The van der Waals surface area contributed by atoms with Gasteiger partial charge in [0.05, 0.1) is 10.2 Å². The number of rotatable bonds is 0. The lowest BCUT2D eigenvalue weighted by atomic mass is 10.3. The van der Waals surface area contributed by atoms with E-state index in [-0.39, 0.29) is 10.8 Å². The molecule has 1 aromatic heterocycles. The fourth-order valence-corrected chi connectivity index (χ4v) is 2.35. The van der Waals surface area contributed by atoms with Gasteiger partial charge in [0, 0.05) is 11.9 Å². The molecular weight excluding hydrogens is 222 g/mol. The topological polar surface area (TPSA) is 39.1 Å². The van der Waals surface area contributed by atoms with Crippen LogP contribution < -0.4 is 4.87 Å². The molecule has 3 nitrogen and oxygen atoms in total. The summed E-state index contributed by atoms with van der Waals surface area (Å²) in [4.78, 5) is 22.3. The number of nitrogens with zero attached hydrogens (tertiary/aromatic N) is 1. The highest BCUT2D eigenvalue weighted by Crippen LogP contribution is 2.21. The number of hydrogen-bond donors (Lipinski definition) is 0. The summed E-state index contributed by atoms with van der Waals surface area (Å²) in [7, 11) is 0. The summed E-state index contributed by atoms with van der Waals surface area (Å²) in [6.07, 6.45) is 0. The zero-order valence-corrected chi connectivity index (χ0v) is 8.85. The molecular formula is C9H6ClNO2S. The first kappa shape index (κ1) is 9.43. The molecule has 0 saturated carbocycles. The first-order chi connectivity index (χ1) is 6.59. The third kappa shape index (κ3) is 1.36.